The zero-order chi connectivity index (χ0) is 11.5. The van der Waals surface area contributed by atoms with E-state index in [9.17, 15) is 0 Å². The smallest absolute Gasteiger partial charge is 0.0709 e. The lowest BCUT2D eigenvalue weighted by atomic mass is 10.0. The Bertz CT molecular complexity index is 585. The highest BCUT2D eigenvalue weighted by Crippen LogP contribution is 2.29. The fourth-order valence-electron chi connectivity index (χ4n) is 1.87. The Hall–Kier alpha value is -2.42. The van der Waals surface area contributed by atoms with Gasteiger partial charge in [-0.1, -0.05) is 24.3 Å². The van der Waals surface area contributed by atoms with E-state index in [1.807, 2.05) is 42.5 Å². The van der Waals surface area contributed by atoms with Crippen LogP contribution in [0.2, 0.25) is 0 Å². The van der Waals surface area contributed by atoms with E-state index < -0.39 is 0 Å². The lowest BCUT2D eigenvalue weighted by Crippen LogP contribution is -1.94. The molecule has 0 unspecified atom stereocenters. The molecule has 3 nitrogen and oxygen atoms in total. The van der Waals surface area contributed by atoms with Crippen molar-refractivity contribution < 1.29 is 0 Å². The first-order valence-electron chi connectivity index (χ1n) is 5.45. The zero-order valence-corrected chi connectivity index (χ0v) is 9.17. The molecule has 2 aromatic rings. The van der Waals surface area contributed by atoms with E-state index >= 15 is 0 Å². The van der Waals surface area contributed by atoms with Crippen molar-refractivity contribution in [1.29, 1.82) is 0 Å². The molecule has 0 spiro atoms. The third kappa shape index (κ3) is 1.83. The third-order valence-corrected chi connectivity index (χ3v) is 2.66. The molecule has 0 radical (unpaired) electrons. The standard InChI is InChI=1S/C14H11N3/c1-2-7-14-11(5-1)12(8-10-16-17-14)13-6-3-4-9-15-13/h1-10,17H. The highest BCUT2D eigenvalue weighted by Gasteiger charge is 2.11. The van der Waals surface area contributed by atoms with E-state index in [1.165, 1.54) is 0 Å². The maximum Gasteiger partial charge on any atom is 0.0709 e. The number of nitrogens with one attached hydrogen (secondary N) is 1. The van der Waals surface area contributed by atoms with E-state index in [2.05, 4.69) is 21.6 Å². The summed E-state index contributed by atoms with van der Waals surface area (Å²) in [5.41, 5.74) is 7.16. The second-order valence-corrected chi connectivity index (χ2v) is 3.73. The maximum atomic E-state index is 4.39. The van der Waals surface area contributed by atoms with Crippen molar-refractivity contribution in [2.75, 3.05) is 5.43 Å². The Kier molecular flexibility index (Phi) is 2.43. The lowest BCUT2D eigenvalue weighted by molar-refractivity contribution is 1.27. The predicted molar refractivity (Wildman–Crippen MR) is 69.9 cm³/mol. The quantitative estimate of drug-likeness (QED) is 0.803. The maximum absolute atomic E-state index is 4.39. The molecule has 0 saturated heterocycles. The Labute approximate surface area is 99.5 Å². The number of hydrogen-bond acceptors (Lipinski definition) is 3. The van der Waals surface area contributed by atoms with Gasteiger partial charge in [0.1, 0.15) is 0 Å². The molecule has 1 aliphatic rings. The molecular weight excluding hydrogens is 210 g/mol. The number of hydrogen-bond donors (Lipinski definition) is 1. The van der Waals surface area contributed by atoms with Gasteiger partial charge in [0.25, 0.3) is 0 Å². The molecule has 82 valence electrons. The fourth-order valence-corrected chi connectivity index (χ4v) is 1.87. The van der Waals surface area contributed by atoms with Gasteiger partial charge in [-0.2, -0.15) is 5.10 Å². The second-order valence-electron chi connectivity index (χ2n) is 3.73. The first-order valence-corrected chi connectivity index (χ1v) is 5.45. The normalized spacial score (nSPS) is 13.3. The van der Waals surface area contributed by atoms with Gasteiger partial charge in [0, 0.05) is 23.5 Å². The summed E-state index contributed by atoms with van der Waals surface area (Å²) in [5, 5.41) is 4.11. The lowest BCUT2D eigenvalue weighted by Gasteiger charge is -2.09. The molecule has 3 rings (SSSR count). The molecule has 1 aromatic heterocycles. The number of anilines is 1. The summed E-state index contributed by atoms with van der Waals surface area (Å²) in [6.07, 6.45) is 5.53. The van der Waals surface area contributed by atoms with Crippen LogP contribution in [0.15, 0.2) is 59.8 Å². The average Bonchev–Trinajstić information content (AvgIpc) is 2.62. The topological polar surface area (TPSA) is 37.3 Å². The van der Waals surface area contributed by atoms with Gasteiger partial charge in [0.2, 0.25) is 0 Å². The Morgan fingerprint density at radius 2 is 1.82 bits per heavy atom. The summed E-state index contributed by atoms with van der Waals surface area (Å²) in [5.74, 6) is 0. The Balaban J connectivity index is 2.18. The van der Waals surface area contributed by atoms with Crippen molar-refractivity contribution in [1.82, 2.24) is 4.98 Å². The van der Waals surface area contributed by atoms with Gasteiger partial charge in [0.15, 0.2) is 0 Å². The number of nitrogens with zero attached hydrogens (tertiary/aromatic N) is 2. The molecule has 17 heavy (non-hydrogen) atoms. The monoisotopic (exact) mass is 221 g/mol. The summed E-state index contributed by atoms with van der Waals surface area (Å²) in [6, 6.07) is 14.0. The Morgan fingerprint density at radius 1 is 0.941 bits per heavy atom. The second kappa shape index (κ2) is 4.22. The summed E-state index contributed by atoms with van der Waals surface area (Å²) >= 11 is 0. The van der Waals surface area contributed by atoms with Crippen molar-refractivity contribution in [2.24, 2.45) is 5.10 Å². The first-order chi connectivity index (χ1) is 8.45. The van der Waals surface area contributed by atoms with Gasteiger partial charge < -0.3 is 0 Å². The van der Waals surface area contributed by atoms with E-state index in [1.54, 1.807) is 12.4 Å². The number of rotatable bonds is 1. The molecule has 1 aliphatic heterocycles. The largest absolute Gasteiger partial charge is 0.278 e. The highest BCUT2D eigenvalue weighted by molar-refractivity contribution is 5.95. The van der Waals surface area contributed by atoms with Gasteiger partial charge in [-0.25, -0.2) is 0 Å². The van der Waals surface area contributed by atoms with Gasteiger partial charge >= 0.3 is 0 Å². The zero-order valence-electron chi connectivity index (χ0n) is 9.17. The molecule has 2 heterocycles. The van der Waals surface area contributed by atoms with Crippen molar-refractivity contribution in [3.63, 3.8) is 0 Å². The number of hydrazone groups is 1. The minimum absolute atomic E-state index is 0.954. The molecular formula is C14H11N3. The Morgan fingerprint density at radius 3 is 2.71 bits per heavy atom. The van der Waals surface area contributed by atoms with Crippen molar-refractivity contribution in [2.45, 2.75) is 0 Å². The van der Waals surface area contributed by atoms with Crippen LogP contribution < -0.4 is 5.43 Å². The van der Waals surface area contributed by atoms with Crippen LogP contribution in [-0.2, 0) is 0 Å². The first kappa shape index (κ1) is 9.78. The SMILES string of the molecule is C1=NNc2ccccc2C(c2ccccn2)=C1. The summed E-state index contributed by atoms with van der Waals surface area (Å²) in [7, 11) is 0. The summed E-state index contributed by atoms with van der Waals surface area (Å²) in [6.45, 7) is 0. The van der Waals surface area contributed by atoms with Crippen LogP contribution in [0.3, 0.4) is 0 Å². The number of aromatic nitrogens is 1. The number of fused-ring (bicyclic) bond motifs is 1. The van der Waals surface area contributed by atoms with Crippen molar-refractivity contribution >= 4 is 17.5 Å². The van der Waals surface area contributed by atoms with Crippen molar-refractivity contribution in [3.05, 3.63) is 66.0 Å². The minimum atomic E-state index is 0.954. The van der Waals surface area contributed by atoms with Crippen molar-refractivity contribution in [3.8, 4) is 0 Å². The van der Waals surface area contributed by atoms with Gasteiger partial charge in [-0.05, 0) is 24.3 Å². The minimum Gasteiger partial charge on any atom is -0.278 e. The van der Waals surface area contributed by atoms with E-state index in [0.717, 1.165) is 22.5 Å². The van der Waals surface area contributed by atoms with Crippen LogP contribution >= 0.6 is 0 Å². The van der Waals surface area contributed by atoms with E-state index in [-0.39, 0.29) is 0 Å². The third-order valence-electron chi connectivity index (χ3n) is 2.66. The number of para-hydroxylation sites is 1. The van der Waals surface area contributed by atoms with E-state index in [0.29, 0.717) is 0 Å². The van der Waals surface area contributed by atoms with E-state index in [4.69, 9.17) is 0 Å². The molecule has 0 fully saturated rings. The van der Waals surface area contributed by atoms with Gasteiger partial charge in [-0.15, -0.1) is 0 Å². The highest BCUT2D eigenvalue weighted by atomic mass is 15.3. The number of allylic oxidation sites excluding steroid dienone is 1. The van der Waals surface area contributed by atoms with Gasteiger partial charge in [-0.3, -0.25) is 10.4 Å². The van der Waals surface area contributed by atoms with Crippen LogP contribution in [-0.4, -0.2) is 11.2 Å². The average molecular weight is 221 g/mol. The van der Waals surface area contributed by atoms with Crippen LogP contribution in [0.25, 0.3) is 5.57 Å². The van der Waals surface area contributed by atoms with Gasteiger partial charge in [0.05, 0.1) is 11.4 Å². The van der Waals surface area contributed by atoms with Crippen LogP contribution in [0.1, 0.15) is 11.3 Å². The number of pyridine rings is 1. The van der Waals surface area contributed by atoms with Crippen LogP contribution in [0.5, 0.6) is 0 Å². The molecule has 0 aliphatic carbocycles. The summed E-state index contributed by atoms with van der Waals surface area (Å²) < 4.78 is 0. The molecule has 0 amide bonds. The summed E-state index contributed by atoms with van der Waals surface area (Å²) in [4.78, 5) is 4.39. The number of benzene rings is 1. The molecule has 0 bridgehead atoms. The van der Waals surface area contributed by atoms with Crippen LogP contribution in [0.4, 0.5) is 5.69 Å². The molecule has 3 heteroatoms. The van der Waals surface area contributed by atoms with Crippen LogP contribution in [0, 0.1) is 0 Å². The molecule has 0 saturated carbocycles. The molecule has 1 aromatic carbocycles. The predicted octanol–water partition coefficient (Wildman–Crippen LogP) is 2.92. The molecule has 0 atom stereocenters. The molecule has 1 N–H and O–H groups in total. The fraction of sp³-hybridized carbons (Fsp3) is 0.